The molecule has 0 saturated carbocycles. The fraction of sp³-hybridized carbons (Fsp3) is 0.462. The average Bonchev–Trinajstić information content (AvgIpc) is 2.29. The fourth-order valence-corrected chi connectivity index (χ4v) is 2.38. The van der Waals surface area contributed by atoms with E-state index in [0.29, 0.717) is 5.02 Å². The van der Waals surface area contributed by atoms with Gasteiger partial charge in [-0.25, -0.2) is 0 Å². The summed E-state index contributed by atoms with van der Waals surface area (Å²) in [6.07, 6.45) is 2.06. The number of piperidine rings is 1. The number of carbonyl (C=O) groups is 1. The van der Waals surface area contributed by atoms with Gasteiger partial charge in [-0.15, -0.1) is 0 Å². The van der Waals surface area contributed by atoms with Crippen LogP contribution in [0.5, 0.6) is 0 Å². The maximum absolute atomic E-state index is 12.0. The lowest BCUT2D eigenvalue weighted by Crippen LogP contribution is -2.38. The van der Waals surface area contributed by atoms with Crippen LogP contribution in [-0.2, 0) is 4.79 Å². The number of likely N-dealkylation sites (tertiary alicyclic amines) is 1. The Hall–Kier alpha value is -1.06. The van der Waals surface area contributed by atoms with Gasteiger partial charge in [0.15, 0.2) is 0 Å². The van der Waals surface area contributed by atoms with Gasteiger partial charge in [0.05, 0.1) is 5.92 Å². The average molecular weight is 253 g/mol. The Morgan fingerprint density at radius 2 is 2.35 bits per heavy atom. The van der Waals surface area contributed by atoms with Crippen LogP contribution in [0.15, 0.2) is 24.3 Å². The van der Waals surface area contributed by atoms with E-state index in [0.717, 1.165) is 31.6 Å². The number of hydrogen-bond donors (Lipinski definition) is 1. The van der Waals surface area contributed by atoms with Crippen LogP contribution in [-0.4, -0.2) is 30.9 Å². The number of carbonyl (C=O) groups excluding carboxylic acids is 1. The zero-order chi connectivity index (χ0) is 12.3. The molecule has 1 fully saturated rings. The highest BCUT2D eigenvalue weighted by molar-refractivity contribution is 6.30. The van der Waals surface area contributed by atoms with Crippen molar-refractivity contribution in [1.82, 2.24) is 4.90 Å². The topological polar surface area (TPSA) is 32.3 Å². The summed E-state index contributed by atoms with van der Waals surface area (Å²) >= 11 is 5.88. The molecule has 17 heavy (non-hydrogen) atoms. The summed E-state index contributed by atoms with van der Waals surface area (Å²) in [6, 6.07) is 7.26. The Bertz CT molecular complexity index is 408. The third-order valence-electron chi connectivity index (χ3n) is 3.09. The number of anilines is 1. The normalized spacial score (nSPS) is 21.2. The molecule has 4 heteroatoms. The van der Waals surface area contributed by atoms with Crippen LogP contribution < -0.4 is 5.32 Å². The van der Waals surface area contributed by atoms with Gasteiger partial charge >= 0.3 is 0 Å². The van der Waals surface area contributed by atoms with Gasteiger partial charge in [0.1, 0.15) is 0 Å². The first-order valence-corrected chi connectivity index (χ1v) is 6.28. The first-order chi connectivity index (χ1) is 8.15. The van der Waals surface area contributed by atoms with Crippen molar-refractivity contribution < 1.29 is 4.79 Å². The SMILES string of the molecule is CN1CCC[C@H](C(=O)Nc2cccc(Cl)c2)C1. The molecule has 1 N–H and O–H groups in total. The van der Waals surface area contributed by atoms with Crippen molar-refractivity contribution in [2.24, 2.45) is 5.92 Å². The van der Waals surface area contributed by atoms with Gasteiger partial charge < -0.3 is 10.2 Å². The van der Waals surface area contributed by atoms with Crippen LogP contribution in [0.1, 0.15) is 12.8 Å². The molecule has 0 aliphatic carbocycles. The van der Waals surface area contributed by atoms with E-state index in [4.69, 9.17) is 11.6 Å². The van der Waals surface area contributed by atoms with Gasteiger partial charge in [0.25, 0.3) is 0 Å². The highest BCUT2D eigenvalue weighted by atomic mass is 35.5. The highest BCUT2D eigenvalue weighted by Crippen LogP contribution is 2.19. The predicted molar refractivity (Wildman–Crippen MR) is 70.3 cm³/mol. The van der Waals surface area contributed by atoms with E-state index in [9.17, 15) is 4.79 Å². The lowest BCUT2D eigenvalue weighted by atomic mass is 9.97. The quantitative estimate of drug-likeness (QED) is 0.878. The van der Waals surface area contributed by atoms with Gasteiger partial charge in [0, 0.05) is 17.3 Å². The van der Waals surface area contributed by atoms with Gasteiger partial charge in [-0.05, 0) is 44.6 Å². The maximum Gasteiger partial charge on any atom is 0.228 e. The third-order valence-corrected chi connectivity index (χ3v) is 3.32. The predicted octanol–water partition coefficient (Wildman–Crippen LogP) is 2.62. The van der Waals surface area contributed by atoms with Gasteiger partial charge in [-0.3, -0.25) is 4.79 Å². The molecule has 0 spiro atoms. The van der Waals surface area contributed by atoms with E-state index >= 15 is 0 Å². The number of amides is 1. The molecule has 0 radical (unpaired) electrons. The lowest BCUT2D eigenvalue weighted by molar-refractivity contribution is -0.121. The van der Waals surface area contributed by atoms with E-state index in [1.54, 1.807) is 12.1 Å². The molecule has 2 rings (SSSR count). The summed E-state index contributed by atoms with van der Waals surface area (Å²) in [5, 5.41) is 3.57. The van der Waals surface area contributed by atoms with E-state index < -0.39 is 0 Å². The number of rotatable bonds is 2. The second-order valence-electron chi connectivity index (χ2n) is 4.60. The monoisotopic (exact) mass is 252 g/mol. The minimum atomic E-state index is 0.0905. The minimum Gasteiger partial charge on any atom is -0.326 e. The number of halogens is 1. The zero-order valence-electron chi connectivity index (χ0n) is 9.95. The van der Waals surface area contributed by atoms with Crippen molar-refractivity contribution in [2.75, 3.05) is 25.5 Å². The molecule has 1 aliphatic heterocycles. The first-order valence-electron chi connectivity index (χ1n) is 5.90. The Balaban J connectivity index is 1.96. The van der Waals surface area contributed by atoms with Crippen molar-refractivity contribution >= 4 is 23.2 Å². The second kappa shape index (κ2) is 5.52. The Morgan fingerprint density at radius 1 is 1.53 bits per heavy atom. The summed E-state index contributed by atoms with van der Waals surface area (Å²) in [5.74, 6) is 0.187. The van der Waals surface area contributed by atoms with Crippen molar-refractivity contribution in [3.05, 3.63) is 29.3 Å². The summed E-state index contributed by atoms with van der Waals surface area (Å²) in [4.78, 5) is 14.2. The largest absolute Gasteiger partial charge is 0.326 e. The number of hydrogen-bond acceptors (Lipinski definition) is 2. The molecule has 1 aliphatic rings. The highest BCUT2D eigenvalue weighted by Gasteiger charge is 2.23. The van der Waals surface area contributed by atoms with Crippen molar-refractivity contribution in [3.8, 4) is 0 Å². The Morgan fingerprint density at radius 3 is 3.06 bits per heavy atom. The zero-order valence-corrected chi connectivity index (χ0v) is 10.7. The minimum absolute atomic E-state index is 0.0905. The maximum atomic E-state index is 12.0. The fourth-order valence-electron chi connectivity index (χ4n) is 2.19. The van der Waals surface area contributed by atoms with E-state index in [-0.39, 0.29) is 11.8 Å². The van der Waals surface area contributed by atoms with Crippen LogP contribution in [0.2, 0.25) is 5.02 Å². The van der Waals surface area contributed by atoms with Gasteiger partial charge in [-0.1, -0.05) is 17.7 Å². The van der Waals surface area contributed by atoms with Crippen molar-refractivity contribution in [1.29, 1.82) is 0 Å². The second-order valence-corrected chi connectivity index (χ2v) is 5.04. The van der Waals surface area contributed by atoms with Gasteiger partial charge in [-0.2, -0.15) is 0 Å². The molecule has 0 unspecified atom stereocenters. The summed E-state index contributed by atoms with van der Waals surface area (Å²) in [7, 11) is 2.05. The van der Waals surface area contributed by atoms with Gasteiger partial charge in [0.2, 0.25) is 5.91 Å². The molecule has 0 aromatic heterocycles. The summed E-state index contributed by atoms with van der Waals surface area (Å²) < 4.78 is 0. The van der Waals surface area contributed by atoms with E-state index in [1.165, 1.54) is 0 Å². The van der Waals surface area contributed by atoms with Crippen LogP contribution in [0.25, 0.3) is 0 Å². The third kappa shape index (κ3) is 3.45. The van der Waals surface area contributed by atoms with E-state index in [1.807, 2.05) is 12.1 Å². The van der Waals surface area contributed by atoms with Crippen LogP contribution >= 0.6 is 11.6 Å². The molecule has 1 aromatic rings. The molecule has 1 amide bonds. The summed E-state index contributed by atoms with van der Waals surface area (Å²) in [5.41, 5.74) is 0.774. The molecule has 1 saturated heterocycles. The Kier molecular flexibility index (Phi) is 4.02. The van der Waals surface area contributed by atoms with Crippen molar-refractivity contribution in [2.45, 2.75) is 12.8 Å². The molecular weight excluding hydrogens is 236 g/mol. The standard InChI is InChI=1S/C13H17ClN2O/c1-16-7-3-4-10(9-16)13(17)15-12-6-2-5-11(14)8-12/h2,5-6,8,10H,3-4,7,9H2,1H3,(H,15,17)/t10-/m0/s1. The van der Waals surface area contributed by atoms with Crippen LogP contribution in [0, 0.1) is 5.92 Å². The number of nitrogens with one attached hydrogen (secondary N) is 1. The van der Waals surface area contributed by atoms with Crippen LogP contribution in [0.3, 0.4) is 0 Å². The lowest BCUT2D eigenvalue weighted by Gasteiger charge is -2.28. The molecule has 92 valence electrons. The summed E-state index contributed by atoms with van der Waals surface area (Å²) in [6.45, 7) is 1.92. The number of benzene rings is 1. The van der Waals surface area contributed by atoms with E-state index in [2.05, 4.69) is 17.3 Å². The molecule has 3 nitrogen and oxygen atoms in total. The van der Waals surface area contributed by atoms with Crippen molar-refractivity contribution in [3.63, 3.8) is 0 Å². The molecular formula is C13H17ClN2O. The molecule has 1 aromatic carbocycles. The number of nitrogens with zero attached hydrogens (tertiary/aromatic N) is 1. The first kappa shape index (κ1) is 12.4. The molecule has 1 atom stereocenters. The molecule has 0 bridgehead atoms. The molecule has 1 heterocycles. The van der Waals surface area contributed by atoms with Crippen LogP contribution in [0.4, 0.5) is 5.69 Å². The Labute approximate surface area is 107 Å². The smallest absolute Gasteiger partial charge is 0.228 e.